The van der Waals surface area contributed by atoms with Crippen molar-refractivity contribution in [2.45, 2.75) is 6.43 Å². The van der Waals surface area contributed by atoms with Gasteiger partial charge in [0.05, 0.1) is 0 Å². The summed E-state index contributed by atoms with van der Waals surface area (Å²) in [6, 6.07) is 4.86. The molecule has 0 atom stereocenters. The first-order valence-electron chi connectivity index (χ1n) is 5.24. The number of hydrogen-bond acceptors (Lipinski definition) is 4. The lowest BCUT2D eigenvalue weighted by atomic mass is 10.2. The van der Waals surface area contributed by atoms with Crippen LogP contribution in [0.4, 0.5) is 24.7 Å². The molecule has 2 rings (SSSR count). The van der Waals surface area contributed by atoms with Crippen LogP contribution in [0.3, 0.4) is 0 Å². The molecule has 0 saturated carbocycles. The standard InChI is InChI=1S/C12H10F3N3O/c13-7-5-6(16)1-2-8(7)19-9-3-4-18-12(17)10(9)11(14)15/h1-5,11H,16H2,(H2,17,18). The van der Waals surface area contributed by atoms with E-state index in [2.05, 4.69) is 4.98 Å². The molecule has 0 spiro atoms. The highest BCUT2D eigenvalue weighted by atomic mass is 19.3. The molecule has 0 amide bonds. The Balaban J connectivity index is 2.41. The van der Waals surface area contributed by atoms with Gasteiger partial charge in [0.1, 0.15) is 17.1 Å². The number of ether oxygens (including phenoxy) is 1. The number of nitrogens with zero attached hydrogens (tertiary/aromatic N) is 1. The Morgan fingerprint density at radius 1 is 1.11 bits per heavy atom. The quantitative estimate of drug-likeness (QED) is 0.839. The molecule has 4 nitrogen and oxygen atoms in total. The van der Waals surface area contributed by atoms with Gasteiger partial charge in [-0.25, -0.2) is 18.2 Å². The van der Waals surface area contributed by atoms with Gasteiger partial charge >= 0.3 is 0 Å². The molecular formula is C12H10F3N3O. The SMILES string of the molecule is Nc1ccc(Oc2ccnc(N)c2C(F)F)c(F)c1. The minimum Gasteiger partial charge on any atom is -0.454 e. The molecule has 0 radical (unpaired) electrons. The molecule has 0 aliphatic carbocycles. The molecular weight excluding hydrogens is 259 g/mol. The molecule has 0 aliphatic rings. The molecule has 1 heterocycles. The third-order valence-electron chi connectivity index (χ3n) is 2.38. The van der Waals surface area contributed by atoms with Crippen LogP contribution in [0.25, 0.3) is 0 Å². The average Bonchev–Trinajstić information content (AvgIpc) is 2.32. The zero-order valence-corrected chi connectivity index (χ0v) is 9.61. The van der Waals surface area contributed by atoms with Crippen molar-refractivity contribution in [1.82, 2.24) is 4.98 Å². The summed E-state index contributed by atoms with van der Waals surface area (Å²) < 4.78 is 44.3. The van der Waals surface area contributed by atoms with Crippen LogP contribution in [0.2, 0.25) is 0 Å². The maximum atomic E-state index is 13.5. The van der Waals surface area contributed by atoms with E-state index in [1.807, 2.05) is 0 Å². The molecule has 0 unspecified atom stereocenters. The molecule has 0 aliphatic heterocycles. The lowest BCUT2D eigenvalue weighted by Gasteiger charge is -2.12. The second kappa shape index (κ2) is 5.05. The van der Waals surface area contributed by atoms with E-state index in [1.165, 1.54) is 24.4 Å². The number of hydrogen-bond donors (Lipinski definition) is 2. The van der Waals surface area contributed by atoms with Crippen LogP contribution in [-0.4, -0.2) is 4.98 Å². The molecule has 1 aromatic heterocycles. The number of alkyl halides is 2. The van der Waals surface area contributed by atoms with Gasteiger partial charge in [0.15, 0.2) is 11.6 Å². The first-order valence-corrected chi connectivity index (χ1v) is 5.24. The van der Waals surface area contributed by atoms with E-state index >= 15 is 0 Å². The lowest BCUT2D eigenvalue weighted by Crippen LogP contribution is -2.01. The van der Waals surface area contributed by atoms with Crippen molar-refractivity contribution in [3.8, 4) is 11.5 Å². The van der Waals surface area contributed by atoms with Crippen LogP contribution in [0, 0.1) is 5.82 Å². The van der Waals surface area contributed by atoms with E-state index < -0.39 is 17.8 Å². The topological polar surface area (TPSA) is 74.2 Å². The van der Waals surface area contributed by atoms with Gasteiger partial charge in [0, 0.05) is 18.0 Å². The highest BCUT2D eigenvalue weighted by Gasteiger charge is 2.20. The number of anilines is 2. The van der Waals surface area contributed by atoms with Crippen LogP contribution in [0.15, 0.2) is 30.5 Å². The highest BCUT2D eigenvalue weighted by Crippen LogP contribution is 2.36. The summed E-state index contributed by atoms with van der Waals surface area (Å²) in [6.45, 7) is 0. The van der Waals surface area contributed by atoms with Crippen LogP contribution < -0.4 is 16.2 Å². The Bertz CT molecular complexity index is 605. The first-order chi connectivity index (χ1) is 8.99. The molecule has 19 heavy (non-hydrogen) atoms. The summed E-state index contributed by atoms with van der Waals surface area (Å²) in [5, 5.41) is 0. The average molecular weight is 269 g/mol. The molecule has 100 valence electrons. The third kappa shape index (κ3) is 2.70. The van der Waals surface area contributed by atoms with E-state index in [9.17, 15) is 13.2 Å². The smallest absolute Gasteiger partial charge is 0.271 e. The van der Waals surface area contributed by atoms with Crippen molar-refractivity contribution < 1.29 is 17.9 Å². The second-order valence-corrected chi connectivity index (χ2v) is 3.70. The number of nitrogen functional groups attached to an aromatic ring is 2. The van der Waals surface area contributed by atoms with Gasteiger partial charge < -0.3 is 16.2 Å². The summed E-state index contributed by atoms with van der Waals surface area (Å²) in [6.07, 6.45) is -1.67. The first kappa shape index (κ1) is 13.0. The largest absolute Gasteiger partial charge is 0.454 e. The predicted octanol–water partition coefficient (Wildman–Crippen LogP) is 3.12. The second-order valence-electron chi connectivity index (χ2n) is 3.70. The monoisotopic (exact) mass is 269 g/mol. The van der Waals surface area contributed by atoms with E-state index in [1.54, 1.807) is 0 Å². The molecule has 2 aromatic rings. The van der Waals surface area contributed by atoms with Gasteiger partial charge in [-0.15, -0.1) is 0 Å². The summed E-state index contributed by atoms with van der Waals surface area (Å²) in [4.78, 5) is 3.54. The predicted molar refractivity (Wildman–Crippen MR) is 64.5 cm³/mol. The zero-order valence-electron chi connectivity index (χ0n) is 9.61. The molecule has 0 fully saturated rings. The van der Waals surface area contributed by atoms with Crippen LogP contribution >= 0.6 is 0 Å². The number of halogens is 3. The number of nitrogens with two attached hydrogens (primary N) is 2. The van der Waals surface area contributed by atoms with Gasteiger partial charge in [0.2, 0.25) is 0 Å². The van der Waals surface area contributed by atoms with Gasteiger partial charge in [-0.05, 0) is 18.2 Å². The lowest BCUT2D eigenvalue weighted by molar-refractivity contribution is 0.148. The Hall–Kier alpha value is -2.44. The van der Waals surface area contributed by atoms with Gasteiger partial charge in [-0.1, -0.05) is 0 Å². The Kier molecular flexibility index (Phi) is 3.46. The summed E-state index contributed by atoms with van der Waals surface area (Å²) >= 11 is 0. The maximum absolute atomic E-state index is 13.5. The van der Waals surface area contributed by atoms with Gasteiger partial charge in [-0.2, -0.15) is 0 Å². The van der Waals surface area contributed by atoms with Gasteiger partial charge in [0.25, 0.3) is 6.43 Å². The molecule has 0 saturated heterocycles. The molecule has 7 heteroatoms. The fourth-order valence-corrected chi connectivity index (χ4v) is 1.50. The van der Waals surface area contributed by atoms with Crippen LogP contribution in [0.5, 0.6) is 11.5 Å². The van der Waals surface area contributed by atoms with E-state index in [0.29, 0.717) is 0 Å². The molecule has 0 bridgehead atoms. The fraction of sp³-hybridized carbons (Fsp3) is 0.0833. The molecule has 1 aromatic carbocycles. The number of rotatable bonds is 3. The number of pyridine rings is 1. The maximum Gasteiger partial charge on any atom is 0.271 e. The van der Waals surface area contributed by atoms with Gasteiger partial charge in [-0.3, -0.25) is 0 Å². The van der Waals surface area contributed by atoms with E-state index in [-0.39, 0.29) is 23.0 Å². The summed E-state index contributed by atoms with van der Waals surface area (Å²) in [7, 11) is 0. The Morgan fingerprint density at radius 3 is 2.47 bits per heavy atom. The number of aromatic nitrogens is 1. The van der Waals surface area contributed by atoms with Crippen LogP contribution in [0.1, 0.15) is 12.0 Å². The number of benzene rings is 1. The molecule has 4 N–H and O–H groups in total. The Labute approximate surface area is 106 Å². The summed E-state index contributed by atoms with van der Waals surface area (Å²) in [5.41, 5.74) is 10.4. The minimum atomic E-state index is -2.87. The van der Waals surface area contributed by atoms with Crippen molar-refractivity contribution in [1.29, 1.82) is 0 Å². The van der Waals surface area contributed by atoms with Crippen molar-refractivity contribution in [3.63, 3.8) is 0 Å². The van der Waals surface area contributed by atoms with Crippen molar-refractivity contribution in [2.24, 2.45) is 0 Å². The van der Waals surface area contributed by atoms with Crippen LogP contribution in [-0.2, 0) is 0 Å². The van der Waals surface area contributed by atoms with Crippen molar-refractivity contribution in [2.75, 3.05) is 11.5 Å². The van der Waals surface area contributed by atoms with Crippen molar-refractivity contribution >= 4 is 11.5 Å². The van der Waals surface area contributed by atoms with E-state index in [0.717, 1.165) is 6.07 Å². The fourth-order valence-electron chi connectivity index (χ4n) is 1.50. The third-order valence-corrected chi connectivity index (χ3v) is 2.38. The zero-order chi connectivity index (χ0) is 14.0. The Morgan fingerprint density at radius 2 is 1.84 bits per heavy atom. The summed E-state index contributed by atoms with van der Waals surface area (Å²) in [5.74, 6) is -1.58. The minimum absolute atomic E-state index is 0.202. The van der Waals surface area contributed by atoms with E-state index in [4.69, 9.17) is 16.2 Å². The highest BCUT2D eigenvalue weighted by molar-refractivity contribution is 5.51. The normalized spacial score (nSPS) is 10.7. The van der Waals surface area contributed by atoms with Crippen molar-refractivity contribution in [3.05, 3.63) is 41.8 Å².